The van der Waals surface area contributed by atoms with E-state index in [2.05, 4.69) is 174 Å². The monoisotopic (exact) mass is 748 g/mol. The van der Waals surface area contributed by atoms with Crippen molar-refractivity contribution in [2.75, 3.05) is 0 Å². The fourth-order valence-corrected chi connectivity index (χ4v) is 9.19. The molecule has 10 aromatic rings. The molecule has 270 valence electrons. The van der Waals surface area contributed by atoms with Gasteiger partial charge in [0.1, 0.15) is 0 Å². The van der Waals surface area contributed by atoms with Crippen molar-refractivity contribution in [2.45, 2.75) is 6.54 Å². The van der Waals surface area contributed by atoms with Crippen LogP contribution < -0.4 is 0 Å². The highest BCUT2D eigenvalue weighted by atomic mass is 32.1. The van der Waals surface area contributed by atoms with E-state index >= 15 is 0 Å². The quantitative estimate of drug-likeness (QED) is 0.115. The van der Waals surface area contributed by atoms with Crippen LogP contribution in [0.1, 0.15) is 16.7 Å². The second-order valence-corrected chi connectivity index (χ2v) is 15.1. The molecule has 8 aromatic carbocycles. The number of rotatable bonds is 7. The van der Waals surface area contributed by atoms with Gasteiger partial charge in [0.15, 0.2) is 11.7 Å². The van der Waals surface area contributed by atoms with E-state index in [1.54, 1.807) is 0 Å². The Morgan fingerprint density at radius 2 is 1.16 bits per heavy atom. The molecule has 5 heteroatoms. The molecular weight excluding hydrogens is 713 g/mol. The maximum atomic E-state index is 5.13. The summed E-state index contributed by atoms with van der Waals surface area (Å²) in [6, 6.07) is 68.3. The van der Waals surface area contributed by atoms with Gasteiger partial charge in [0, 0.05) is 58.9 Å². The third-order valence-corrected chi connectivity index (χ3v) is 11.8. The smallest absolute Gasteiger partial charge is 0.161 e. The van der Waals surface area contributed by atoms with Crippen molar-refractivity contribution in [3.05, 3.63) is 211 Å². The Morgan fingerprint density at radius 3 is 2.00 bits per heavy atom. The number of nitrogens with zero attached hydrogens (tertiary/aromatic N) is 4. The molecule has 0 saturated heterocycles. The highest BCUT2D eigenvalue weighted by Gasteiger charge is 2.19. The molecule has 0 aliphatic heterocycles. The van der Waals surface area contributed by atoms with Gasteiger partial charge in [-0.25, -0.2) is 9.98 Å². The largest absolute Gasteiger partial charge is 0.309 e. The summed E-state index contributed by atoms with van der Waals surface area (Å²) in [5.41, 5.74) is 10.9. The number of fused-ring (bicyclic) bond motifs is 6. The zero-order valence-corrected chi connectivity index (χ0v) is 31.9. The molecule has 0 unspecified atom stereocenters. The number of aromatic nitrogens is 1. The third kappa shape index (κ3) is 6.34. The average molecular weight is 749 g/mol. The van der Waals surface area contributed by atoms with Gasteiger partial charge in [-0.3, -0.25) is 4.99 Å². The molecule has 2 heterocycles. The van der Waals surface area contributed by atoms with E-state index in [1.807, 2.05) is 47.7 Å². The first kappa shape index (κ1) is 34.3. The molecule has 0 fully saturated rings. The minimum atomic E-state index is 0.468. The van der Waals surface area contributed by atoms with E-state index < -0.39 is 0 Å². The number of benzene rings is 8. The molecule has 0 aliphatic carbocycles. The Balaban J connectivity index is 1.10. The van der Waals surface area contributed by atoms with Crippen molar-refractivity contribution in [2.24, 2.45) is 15.0 Å². The lowest BCUT2D eigenvalue weighted by Crippen LogP contribution is -2.06. The summed E-state index contributed by atoms with van der Waals surface area (Å²) in [6.45, 7) is 4.47. The second-order valence-electron chi connectivity index (χ2n) is 14.1. The summed E-state index contributed by atoms with van der Waals surface area (Å²) in [4.78, 5) is 14.7. The lowest BCUT2D eigenvalue weighted by molar-refractivity contribution is 1.06. The molecule has 57 heavy (non-hydrogen) atoms. The van der Waals surface area contributed by atoms with Gasteiger partial charge in [0.05, 0.1) is 17.6 Å². The van der Waals surface area contributed by atoms with Crippen molar-refractivity contribution >= 4 is 71.7 Å². The van der Waals surface area contributed by atoms with Crippen molar-refractivity contribution < 1.29 is 0 Å². The van der Waals surface area contributed by atoms with Gasteiger partial charge < -0.3 is 4.57 Å². The topological polar surface area (TPSA) is 42.0 Å². The van der Waals surface area contributed by atoms with Crippen LogP contribution in [0, 0.1) is 0 Å². The number of hydrogen-bond donors (Lipinski definition) is 0. The number of hydrogen-bond acceptors (Lipinski definition) is 2. The number of para-hydroxylation sites is 2. The van der Waals surface area contributed by atoms with Crippen LogP contribution in [-0.2, 0) is 6.54 Å². The molecule has 0 amide bonds. The predicted octanol–water partition coefficient (Wildman–Crippen LogP) is 13.6. The minimum absolute atomic E-state index is 0.468. The van der Waals surface area contributed by atoms with Crippen molar-refractivity contribution in [3.8, 4) is 27.9 Å². The van der Waals surface area contributed by atoms with Gasteiger partial charge in [-0.2, -0.15) is 0 Å². The molecule has 0 radical (unpaired) electrons. The van der Waals surface area contributed by atoms with Crippen molar-refractivity contribution in [3.63, 3.8) is 0 Å². The summed E-state index contributed by atoms with van der Waals surface area (Å²) < 4.78 is 4.98. The number of aliphatic imine (C=N–C) groups is 3. The van der Waals surface area contributed by atoms with Gasteiger partial charge in [0.2, 0.25) is 0 Å². The third-order valence-electron chi connectivity index (χ3n) is 10.6. The van der Waals surface area contributed by atoms with Gasteiger partial charge in [0.25, 0.3) is 0 Å². The van der Waals surface area contributed by atoms with E-state index in [-0.39, 0.29) is 0 Å². The fraction of sp³-hybridized carbons (Fsp3) is 0.0192. The summed E-state index contributed by atoms with van der Waals surface area (Å²) >= 11 is 1.86. The number of thiophene rings is 1. The van der Waals surface area contributed by atoms with E-state index in [4.69, 9.17) is 9.98 Å². The maximum Gasteiger partial charge on any atom is 0.161 e. The minimum Gasteiger partial charge on any atom is -0.309 e. The zero-order valence-electron chi connectivity index (χ0n) is 31.1. The molecular formula is C52H36N4S. The second kappa shape index (κ2) is 14.8. The zero-order chi connectivity index (χ0) is 38.1. The van der Waals surface area contributed by atoms with Crippen LogP contribution in [0.25, 0.3) is 69.9 Å². The molecule has 2 aromatic heterocycles. The van der Waals surface area contributed by atoms with Crippen LogP contribution in [0.3, 0.4) is 0 Å². The molecule has 0 N–H and O–H groups in total. The average Bonchev–Trinajstić information content (AvgIpc) is 3.84. The van der Waals surface area contributed by atoms with Crippen molar-refractivity contribution in [1.82, 2.24) is 4.57 Å². The van der Waals surface area contributed by atoms with Gasteiger partial charge >= 0.3 is 0 Å². The highest BCUT2D eigenvalue weighted by Crippen LogP contribution is 2.44. The number of amidine groups is 2. The van der Waals surface area contributed by atoms with Crippen LogP contribution in [0.15, 0.2) is 209 Å². The highest BCUT2D eigenvalue weighted by molar-refractivity contribution is 7.26. The molecule has 0 aliphatic rings. The van der Waals surface area contributed by atoms with Crippen LogP contribution in [0.5, 0.6) is 0 Å². The van der Waals surface area contributed by atoms with Gasteiger partial charge in [-0.05, 0) is 53.7 Å². The molecule has 0 spiro atoms. The standard InChI is InChI=1S/C52H36N4S/c1-53-51(55-52(37-19-6-3-7-20-37)54-34-35-16-12-21-38(32-35)36-17-4-2-5-18-36)39-22-13-23-40(33-39)56-47-30-10-8-24-41(47)43-26-14-27-44(49(43)56)46-29-15-28-45-42-25-9-11-31-48(42)57-50(45)46/h2-33H,1,34H2/b54-52-,55-51-. The Kier molecular flexibility index (Phi) is 8.90. The Hall–Kier alpha value is -7.21. The summed E-state index contributed by atoms with van der Waals surface area (Å²) in [5, 5.41) is 4.99. The molecule has 0 saturated carbocycles. The van der Waals surface area contributed by atoms with E-state index in [1.165, 1.54) is 47.6 Å². The summed E-state index contributed by atoms with van der Waals surface area (Å²) in [6.07, 6.45) is 0. The lowest BCUT2D eigenvalue weighted by Gasteiger charge is -2.14. The fourth-order valence-electron chi connectivity index (χ4n) is 7.96. The molecule has 4 nitrogen and oxygen atoms in total. The van der Waals surface area contributed by atoms with Crippen LogP contribution in [-0.4, -0.2) is 23.0 Å². The summed E-state index contributed by atoms with van der Waals surface area (Å²) in [7, 11) is 0. The Morgan fingerprint density at radius 1 is 0.509 bits per heavy atom. The first-order valence-corrected chi connectivity index (χ1v) is 19.9. The Bertz CT molecular complexity index is 3170. The normalized spacial score (nSPS) is 12.2. The first-order valence-electron chi connectivity index (χ1n) is 19.1. The van der Waals surface area contributed by atoms with Crippen LogP contribution in [0.4, 0.5) is 0 Å². The molecule has 0 atom stereocenters. The Labute approximate surface area is 335 Å². The molecule has 10 rings (SSSR count). The lowest BCUT2D eigenvalue weighted by atomic mass is 10.00. The predicted molar refractivity (Wildman–Crippen MR) is 244 cm³/mol. The summed E-state index contributed by atoms with van der Waals surface area (Å²) in [5.74, 6) is 1.11. The van der Waals surface area contributed by atoms with Gasteiger partial charge in [-0.1, -0.05) is 164 Å². The van der Waals surface area contributed by atoms with E-state index in [0.717, 1.165) is 39.0 Å². The first-order chi connectivity index (χ1) is 28.2. The van der Waals surface area contributed by atoms with E-state index in [0.29, 0.717) is 18.2 Å². The van der Waals surface area contributed by atoms with Crippen LogP contribution in [0.2, 0.25) is 0 Å². The molecule has 0 bridgehead atoms. The van der Waals surface area contributed by atoms with Gasteiger partial charge in [-0.15, -0.1) is 11.3 Å². The van der Waals surface area contributed by atoms with E-state index in [9.17, 15) is 0 Å². The van der Waals surface area contributed by atoms with Crippen LogP contribution >= 0.6 is 11.3 Å². The SMILES string of the molecule is C=N/C(=N\C(=N/Cc1cccc(-c2ccccc2)c1)c1ccccc1)c1cccc(-n2c3ccccc3c3cccc(-c4cccc5c4sc4ccccc45)c32)c1. The van der Waals surface area contributed by atoms with Crippen molar-refractivity contribution in [1.29, 1.82) is 0 Å². The maximum absolute atomic E-state index is 5.13.